The zero-order valence-corrected chi connectivity index (χ0v) is 15.1. The van der Waals surface area contributed by atoms with Crippen molar-refractivity contribution in [2.24, 2.45) is 5.92 Å². The van der Waals surface area contributed by atoms with Crippen LogP contribution in [0.25, 0.3) is 0 Å². The lowest BCUT2D eigenvalue weighted by Gasteiger charge is -2.35. The fourth-order valence-electron chi connectivity index (χ4n) is 3.33. The largest absolute Gasteiger partial charge is 0.372 e. The highest BCUT2D eigenvalue weighted by Crippen LogP contribution is 2.51. The Kier molecular flexibility index (Phi) is 4.11. The van der Waals surface area contributed by atoms with Crippen LogP contribution in [0.4, 0.5) is 0 Å². The number of amides is 1. The Morgan fingerprint density at radius 1 is 1.23 bits per heavy atom. The molecule has 0 N–H and O–H groups in total. The first kappa shape index (κ1) is 16.0. The summed E-state index contributed by atoms with van der Waals surface area (Å²) in [4.78, 5) is 17.5. The summed E-state index contributed by atoms with van der Waals surface area (Å²) in [6.07, 6.45) is 1.32. The van der Waals surface area contributed by atoms with E-state index in [4.69, 9.17) is 4.74 Å². The van der Waals surface area contributed by atoms with Gasteiger partial charge >= 0.3 is 0 Å². The van der Waals surface area contributed by atoms with Gasteiger partial charge in [-0.1, -0.05) is 20.8 Å². The fraction of sp³-hybridized carbons (Fsp3) is 0.722. The minimum atomic E-state index is 0.152. The molecule has 2 fully saturated rings. The molecule has 1 aliphatic carbocycles. The number of rotatable bonds is 2. The van der Waals surface area contributed by atoms with Crippen LogP contribution >= 0.6 is 11.3 Å². The van der Waals surface area contributed by atoms with Crippen LogP contribution in [0.5, 0.6) is 0 Å². The molecular weight excluding hydrogens is 294 g/mol. The van der Waals surface area contributed by atoms with Crippen molar-refractivity contribution >= 4 is 17.2 Å². The maximum absolute atomic E-state index is 12.7. The predicted octanol–water partition coefficient (Wildman–Crippen LogP) is 3.78. The summed E-state index contributed by atoms with van der Waals surface area (Å²) in [6, 6.07) is 4.46. The molecule has 0 unspecified atom stereocenters. The van der Waals surface area contributed by atoms with Gasteiger partial charge in [0.25, 0.3) is 0 Å². The number of ether oxygens (including phenoxy) is 1. The molecule has 4 heteroatoms. The highest BCUT2D eigenvalue weighted by Gasteiger charge is 2.47. The van der Waals surface area contributed by atoms with Gasteiger partial charge in [0, 0.05) is 34.7 Å². The molecule has 4 atom stereocenters. The predicted molar refractivity (Wildman–Crippen MR) is 90.5 cm³/mol. The van der Waals surface area contributed by atoms with Gasteiger partial charge < -0.3 is 9.64 Å². The first-order valence-electron chi connectivity index (χ1n) is 8.30. The summed E-state index contributed by atoms with van der Waals surface area (Å²) in [5.41, 5.74) is 0.201. The van der Waals surface area contributed by atoms with E-state index >= 15 is 0 Å². The third-order valence-corrected chi connectivity index (χ3v) is 6.21. The van der Waals surface area contributed by atoms with Gasteiger partial charge in [-0.05, 0) is 37.8 Å². The fourth-order valence-corrected chi connectivity index (χ4v) is 4.57. The molecule has 1 aliphatic heterocycles. The maximum Gasteiger partial charge on any atom is 0.226 e. The summed E-state index contributed by atoms with van der Waals surface area (Å²) >= 11 is 1.88. The van der Waals surface area contributed by atoms with Crippen molar-refractivity contribution < 1.29 is 9.53 Å². The van der Waals surface area contributed by atoms with Gasteiger partial charge in [-0.2, -0.15) is 0 Å². The lowest BCUT2D eigenvalue weighted by atomic mass is 9.95. The summed E-state index contributed by atoms with van der Waals surface area (Å²) in [5, 5.41) is 0. The molecule has 1 saturated carbocycles. The monoisotopic (exact) mass is 321 g/mol. The molecule has 0 radical (unpaired) electrons. The Labute approximate surface area is 137 Å². The molecule has 22 heavy (non-hydrogen) atoms. The summed E-state index contributed by atoms with van der Waals surface area (Å²) < 4.78 is 5.73. The van der Waals surface area contributed by atoms with E-state index < -0.39 is 0 Å². The van der Waals surface area contributed by atoms with Crippen LogP contribution in [-0.4, -0.2) is 36.1 Å². The molecule has 0 bridgehead atoms. The van der Waals surface area contributed by atoms with E-state index in [0.29, 0.717) is 11.8 Å². The minimum absolute atomic E-state index is 0.152. The number of hydrogen-bond acceptors (Lipinski definition) is 3. The van der Waals surface area contributed by atoms with Gasteiger partial charge in [-0.3, -0.25) is 4.79 Å². The summed E-state index contributed by atoms with van der Waals surface area (Å²) in [6.45, 7) is 12.3. The topological polar surface area (TPSA) is 29.5 Å². The zero-order chi connectivity index (χ0) is 16.1. The average Bonchev–Trinajstić information content (AvgIpc) is 3.03. The van der Waals surface area contributed by atoms with Crippen LogP contribution in [0, 0.1) is 5.92 Å². The van der Waals surface area contributed by atoms with E-state index in [1.807, 2.05) is 16.2 Å². The van der Waals surface area contributed by atoms with Gasteiger partial charge in [0.05, 0.1) is 12.2 Å². The van der Waals surface area contributed by atoms with Gasteiger partial charge in [0.2, 0.25) is 5.91 Å². The Morgan fingerprint density at radius 2 is 1.86 bits per heavy atom. The number of hydrogen-bond donors (Lipinski definition) is 0. The molecule has 0 spiro atoms. The van der Waals surface area contributed by atoms with E-state index in [1.165, 1.54) is 9.75 Å². The molecule has 1 saturated heterocycles. The van der Waals surface area contributed by atoms with Crippen molar-refractivity contribution in [3.05, 3.63) is 21.9 Å². The molecular formula is C18H27NO2S. The van der Waals surface area contributed by atoms with Crippen LogP contribution < -0.4 is 0 Å². The van der Waals surface area contributed by atoms with Crippen molar-refractivity contribution in [2.75, 3.05) is 13.1 Å². The van der Waals surface area contributed by atoms with Crippen LogP contribution in [0.15, 0.2) is 12.1 Å². The summed E-state index contributed by atoms with van der Waals surface area (Å²) in [5.74, 6) is 0.976. The third kappa shape index (κ3) is 3.23. The second-order valence-electron chi connectivity index (χ2n) is 7.90. The quantitative estimate of drug-likeness (QED) is 0.829. The number of carbonyl (C=O) groups excluding carboxylic acids is 1. The highest BCUT2D eigenvalue weighted by molar-refractivity contribution is 7.12. The molecule has 3 rings (SSSR count). The second-order valence-corrected chi connectivity index (χ2v) is 9.02. The highest BCUT2D eigenvalue weighted by atomic mass is 32.1. The van der Waals surface area contributed by atoms with Crippen molar-refractivity contribution in [1.29, 1.82) is 0 Å². The Bertz CT molecular complexity index is 550. The van der Waals surface area contributed by atoms with Crippen LogP contribution in [0.3, 0.4) is 0 Å². The smallest absolute Gasteiger partial charge is 0.226 e. The van der Waals surface area contributed by atoms with Gasteiger partial charge in [0.15, 0.2) is 0 Å². The number of thiophene rings is 1. The van der Waals surface area contributed by atoms with E-state index in [9.17, 15) is 4.79 Å². The van der Waals surface area contributed by atoms with Crippen LogP contribution in [0.1, 0.15) is 56.7 Å². The van der Waals surface area contributed by atoms with E-state index in [0.717, 1.165) is 19.5 Å². The number of nitrogens with zero attached hydrogens (tertiary/aromatic N) is 1. The molecule has 1 amide bonds. The van der Waals surface area contributed by atoms with Crippen molar-refractivity contribution in [3.8, 4) is 0 Å². The van der Waals surface area contributed by atoms with Crippen molar-refractivity contribution in [1.82, 2.24) is 4.90 Å². The van der Waals surface area contributed by atoms with Gasteiger partial charge in [-0.25, -0.2) is 0 Å². The minimum Gasteiger partial charge on any atom is -0.372 e. The summed E-state index contributed by atoms with van der Waals surface area (Å²) in [7, 11) is 0. The molecule has 0 aromatic carbocycles. The molecule has 3 nitrogen and oxygen atoms in total. The molecule has 122 valence electrons. The van der Waals surface area contributed by atoms with Gasteiger partial charge in [-0.15, -0.1) is 11.3 Å². The van der Waals surface area contributed by atoms with Crippen LogP contribution in [0.2, 0.25) is 0 Å². The molecule has 1 aromatic rings. The Morgan fingerprint density at radius 3 is 2.41 bits per heavy atom. The zero-order valence-electron chi connectivity index (χ0n) is 14.3. The molecule has 1 aromatic heterocycles. The van der Waals surface area contributed by atoms with Crippen molar-refractivity contribution in [3.63, 3.8) is 0 Å². The molecule has 2 aliphatic rings. The SMILES string of the molecule is C[C@@H]1CN(C(=O)[C@@H]2C[C@H]2c2ccc(C(C)(C)C)s2)C[C@H](C)O1. The first-order valence-corrected chi connectivity index (χ1v) is 9.12. The molecule has 2 heterocycles. The first-order chi connectivity index (χ1) is 10.3. The second kappa shape index (κ2) is 5.64. The average molecular weight is 321 g/mol. The van der Waals surface area contributed by atoms with Crippen LogP contribution in [-0.2, 0) is 14.9 Å². The van der Waals surface area contributed by atoms with E-state index in [2.05, 4.69) is 46.8 Å². The van der Waals surface area contributed by atoms with Gasteiger partial charge in [0.1, 0.15) is 0 Å². The normalized spacial score (nSPS) is 32.1. The standard InChI is InChI=1S/C18H27NO2S/c1-11-9-19(10-12(2)21-11)17(20)14-8-13(14)15-6-7-16(22-15)18(3,4)5/h6-7,11-14H,8-10H2,1-5H3/t11-,12+,13-,14-/m1/s1. The third-order valence-electron chi connectivity index (χ3n) is 4.57. The number of morpholine rings is 1. The Balaban J connectivity index is 1.64. The number of carbonyl (C=O) groups is 1. The maximum atomic E-state index is 12.7. The lowest BCUT2D eigenvalue weighted by molar-refractivity contribution is -0.144. The van der Waals surface area contributed by atoms with Crippen molar-refractivity contribution in [2.45, 2.75) is 64.6 Å². The lowest BCUT2D eigenvalue weighted by Crippen LogP contribution is -2.48. The van der Waals surface area contributed by atoms with E-state index in [-0.39, 0.29) is 23.5 Å². The Hall–Kier alpha value is -0.870. The van der Waals surface area contributed by atoms with E-state index in [1.54, 1.807) is 0 Å².